The zero-order valence-electron chi connectivity index (χ0n) is 26.5. The van der Waals surface area contributed by atoms with Crippen molar-refractivity contribution in [3.63, 3.8) is 0 Å². The van der Waals surface area contributed by atoms with Gasteiger partial charge in [-0.25, -0.2) is 4.98 Å². The second-order valence-electron chi connectivity index (χ2n) is 12.4. The summed E-state index contributed by atoms with van der Waals surface area (Å²) in [6, 6.07) is 61.6. The molecule has 0 saturated carbocycles. The highest BCUT2D eigenvalue weighted by atomic mass is 16.3. The van der Waals surface area contributed by atoms with Crippen LogP contribution in [0.5, 0.6) is 0 Å². The molecule has 0 aliphatic heterocycles. The van der Waals surface area contributed by atoms with Crippen LogP contribution in [0.4, 0.5) is 0 Å². The molecule has 0 spiro atoms. The van der Waals surface area contributed by atoms with Gasteiger partial charge in [0.15, 0.2) is 0 Å². The molecule has 0 aliphatic carbocycles. The molecule has 4 heteroatoms. The van der Waals surface area contributed by atoms with Gasteiger partial charge in [0.05, 0.1) is 27.5 Å². The van der Waals surface area contributed by atoms with Crippen molar-refractivity contribution in [3.05, 3.63) is 176 Å². The molecule has 0 unspecified atom stereocenters. The van der Waals surface area contributed by atoms with Gasteiger partial charge >= 0.3 is 0 Å². The molecular weight excluding hydrogens is 599 g/mol. The van der Waals surface area contributed by atoms with Crippen LogP contribution in [0.3, 0.4) is 0 Å². The van der Waals surface area contributed by atoms with E-state index in [9.17, 15) is 0 Å². The van der Waals surface area contributed by atoms with Crippen LogP contribution in [0, 0.1) is 0 Å². The van der Waals surface area contributed by atoms with Crippen molar-refractivity contribution in [1.29, 1.82) is 0 Å². The topological polar surface area (TPSA) is 35.9 Å². The van der Waals surface area contributed by atoms with Crippen LogP contribution in [0.25, 0.3) is 89.0 Å². The molecule has 10 rings (SSSR count). The third-order valence-corrected chi connectivity index (χ3v) is 9.53. The second kappa shape index (κ2) is 11.0. The standard InChI is InChI=1S/C45H29N3O/c1-4-15-30(16-5-1)41-36-27-28-40-42(44(36)49-43(41)31-17-6-2-7-18-31)35-23-10-12-25-38(35)47(40)34-22-14-19-32(29-34)45-46-37-24-11-13-26-39(37)48(45)33-20-8-3-9-21-33/h1-29H. The molecule has 3 aromatic heterocycles. The number of hydrogen-bond acceptors (Lipinski definition) is 2. The zero-order chi connectivity index (χ0) is 32.3. The first-order chi connectivity index (χ1) is 24.3. The molecule has 0 radical (unpaired) electrons. The minimum atomic E-state index is 0.882. The van der Waals surface area contributed by atoms with Crippen molar-refractivity contribution < 1.29 is 4.42 Å². The van der Waals surface area contributed by atoms with Gasteiger partial charge in [0, 0.05) is 38.8 Å². The number of furan rings is 1. The lowest BCUT2D eigenvalue weighted by atomic mass is 9.98. The number of hydrogen-bond donors (Lipinski definition) is 0. The minimum Gasteiger partial charge on any atom is -0.455 e. The molecule has 0 saturated heterocycles. The quantitative estimate of drug-likeness (QED) is 0.190. The molecule has 7 aromatic carbocycles. The molecule has 0 fully saturated rings. The monoisotopic (exact) mass is 627 g/mol. The van der Waals surface area contributed by atoms with Gasteiger partial charge in [0.1, 0.15) is 17.2 Å². The summed E-state index contributed by atoms with van der Waals surface area (Å²) < 4.78 is 11.6. The Labute approximate surface area is 282 Å². The number of rotatable bonds is 5. The predicted molar refractivity (Wildman–Crippen MR) is 201 cm³/mol. The lowest BCUT2D eigenvalue weighted by Crippen LogP contribution is -1.99. The molecular formula is C45H29N3O. The second-order valence-corrected chi connectivity index (χ2v) is 12.4. The highest BCUT2D eigenvalue weighted by molar-refractivity contribution is 6.22. The molecule has 230 valence electrons. The summed E-state index contributed by atoms with van der Waals surface area (Å²) in [5, 5.41) is 3.36. The van der Waals surface area contributed by atoms with Crippen LogP contribution < -0.4 is 0 Å². The number of fused-ring (bicyclic) bond motifs is 6. The van der Waals surface area contributed by atoms with E-state index < -0.39 is 0 Å². The summed E-state index contributed by atoms with van der Waals surface area (Å²) in [6.45, 7) is 0. The van der Waals surface area contributed by atoms with E-state index in [0.717, 1.165) is 89.0 Å². The molecule has 0 atom stereocenters. The van der Waals surface area contributed by atoms with E-state index in [1.165, 1.54) is 0 Å². The Hall–Kier alpha value is -6.65. The van der Waals surface area contributed by atoms with Crippen molar-refractivity contribution in [2.75, 3.05) is 0 Å². The van der Waals surface area contributed by atoms with Crippen molar-refractivity contribution in [1.82, 2.24) is 14.1 Å². The summed E-state index contributed by atoms with van der Waals surface area (Å²) in [5.74, 6) is 1.79. The first-order valence-electron chi connectivity index (χ1n) is 16.6. The maximum Gasteiger partial charge on any atom is 0.145 e. The van der Waals surface area contributed by atoms with Gasteiger partial charge < -0.3 is 8.98 Å². The summed E-state index contributed by atoms with van der Waals surface area (Å²) in [6.07, 6.45) is 0. The van der Waals surface area contributed by atoms with E-state index in [4.69, 9.17) is 9.40 Å². The van der Waals surface area contributed by atoms with Gasteiger partial charge in [0.25, 0.3) is 0 Å². The van der Waals surface area contributed by atoms with E-state index in [1.54, 1.807) is 0 Å². The third-order valence-electron chi connectivity index (χ3n) is 9.53. The van der Waals surface area contributed by atoms with Crippen molar-refractivity contribution in [2.24, 2.45) is 0 Å². The van der Waals surface area contributed by atoms with E-state index in [0.29, 0.717) is 0 Å². The first-order valence-corrected chi connectivity index (χ1v) is 16.6. The number of aromatic nitrogens is 3. The lowest BCUT2D eigenvalue weighted by Gasteiger charge is -2.12. The van der Waals surface area contributed by atoms with Crippen LogP contribution in [0.1, 0.15) is 0 Å². The van der Waals surface area contributed by atoms with Gasteiger partial charge in [-0.2, -0.15) is 0 Å². The average molecular weight is 628 g/mol. The van der Waals surface area contributed by atoms with Gasteiger partial charge in [-0.1, -0.05) is 121 Å². The number of para-hydroxylation sites is 4. The Morgan fingerprint density at radius 3 is 1.86 bits per heavy atom. The van der Waals surface area contributed by atoms with Crippen molar-refractivity contribution >= 4 is 43.8 Å². The van der Waals surface area contributed by atoms with Crippen LogP contribution in [-0.4, -0.2) is 14.1 Å². The van der Waals surface area contributed by atoms with E-state index in [-0.39, 0.29) is 0 Å². The Kier molecular flexibility index (Phi) is 6.15. The Morgan fingerprint density at radius 1 is 0.429 bits per heavy atom. The Morgan fingerprint density at radius 2 is 1.06 bits per heavy atom. The Balaban J connectivity index is 1.24. The highest BCUT2D eigenvalue weighted by Crippen LogP contribution is 2.46. The normalized spacial score (nSPS) is 11.7. The smallest absolute Gasteiger partial charge is 0.145 e. The third kappa shape index (κ3) is 4.28. The maximum absolute atomic E-state index is 6.98. The summed E-state index contributed by atoms with van der Waals surface area (Å²) >= 11 is 0. The SMILES string of the molecule is c1ccc(-c2oc3c(ccc4c3c3ccccc3n4-c3cccc(-c4nc5ccccc5n4-c4ccccc4)c3)c2-c2ccccc2)cc1. The zero-order valence-corrected chi connectivity index (χ0v) is 26.5. The molecule has 0 aliphatic rings. The summed E-state index contributed by atoms with van der Waals surface area (Å²) in [5.41, 5.74) is 11.6. The predicted octanol–water partition coefficient (Wildman–Crippen LogP) is 11.9. The molecule has 49 heavy (non-hydrogen) atoms. The summed E-state index contributed by atoms with van der Waals surface area (Å²) in [7, 11) is 0. The van der Waals surface area contributed by atoms with Crippen LogP contribution >= 0.6 is 0 Å². The van der Waals surface area contributed by atoms with Gasteiger partial charge in [-0.15, -0.1) is 0 Å². The number of benzene rings is 7. The average Bonchev–Trinajstić information content (AvgIpc) is 3.86. The maximum atomic E-state index is 6.98. The lowest BCUT2D eigenvalue weighted by molar-refractivity contribution is 0.636. The van der Waals surface area contributed by atoms with E-state index in [1.807, 2.05) is 18.2 Å². The molecule has 0 amide bonds. The highest BCUT2D eigenvalue weighted by Gasteiger charge is 2.23. The van der Waals surface area contributed by atoms with E-state index >= 15 is 0 Å². The molecule has 3 heterocycles. The van der Waals surface area contributed by atoms with Gasteiger partial charge in [-0.05, 0) is 60.2 Å². The van der Waals surface area contributed by atoms with Crippen LogP contribution in [-0.2, 0) is 0 Å². The minimum absolute atomic E-state index is 0.882. The number of nitrogens with zero attached hydrogens (tertiary/aromatic N) is 3. The molecule has 0 N–H and O–H groups in total. The fourth-order valence-electron chi connectivity index (χ4n) is 7.41. The van der Waals surface area contributed by atoms with Gasteiger partial charge in [-0.3, -0.25) is 4.57 Å². The van der Waals surface area contributed by atoms with Crippen LogP contribution in [0.15, 0.2) is 180 Å². The molecule has 4 nitrogen and oxygen atoms in total. The fourth-order valence-corrected chi connectivity index (χ4v) is 7.41. The van der Waals surface area contributed by atoms with E-state index in [2.05, 4.69) is 167 Å². The van der Waals surface area contributed by atoms with Crippen LogP contribution in [0.2, 0.25) is 0 Å². The first kappa shape index (κ1) is 27.5. The largest absolute Gasteiger partial charge is 0.455 e. The van der Waals surface area contributed by atoms with Gasteiger partial charge in [0.2, 0.25) is 0 Å². The van der Waals surface area contributed by atoms with Crippen molar-refractivity contribution in [3.8, 4) is 45.2 Å². The fraction of sp³-hybridized carbons (Fsp3) is 0. The summed E-state index contributed by atoms with van der Waals surface area (Å²) in [4.78, 5) is 5.16. The number of imidazole rings is 1. The molecule has 0 bridgehead atoms. The molecule has 10 aromatic rings. The Bertz CT molecular complexity index is 2810. The van der Waals surface area contributed by atoms with Crippen molar-refractivity contribution in [2.45, 2.75) is 0 Å².